The Labute approximate surface area is 148 Å². The average molecular weight is 369 g/mol. The van der Waals surface area contributed by atoms with E-state index < -0.39 is 11.0 Å². The van der Waals surface area contributed by atoms with E-state index in [2.05, 4.69) is 4.90 Å². The van der Waals surface area contributed by atoms with Crippen LogP contribution in [-0.4, -0.2) is 35.8 Å². The Morgan fingerprint density at radius 2 is 2.33 bits per heavy atom. The van der Waals surface area contributed by atoms with Crippen molar-refractivity contribution in [3.05, 3.63) is 55.7 Å². The second-order valence-electron chi connectivity index (χ2n) is 5.58. The zero-order valence-electron chi connectivity index (χ0n) is 12.8. The van der Waals surface area contributed by atoms with Crippen LogP contribution in [0.25, 0.3) is 0 Å². The van der Waals surface area contributed by atoms with Gasteiger partial charge in [0.15, 0.2) is 0 Å². The molecule has 0 bridgehead atoms. The molecule has 1 aliphatic rings. The van der Waals surface area contributed by atoms with Gasteiger partial charge in [0.1, 0.15) is 0 Å². The molecular formula is C16H17ClN2O4S. The van der Waals surface area contributed by atoms with E-state index in [0.29, 0.717) is 31.2 Å². The van der Waals surface area contributed by atoms with Crippen molar-refractivity contribution < 1.29 is 14.8 Å². The van der Waals surface area contributed by atoms with Crippen LogP contribution in [0, 0.1) is 10.1 Å². The topological polar surface area (TPSA) is 75.8 Å². The fourth-order valence-corrected chi connectivity index (χ4v) is 3.87. The highest BCUT2D eigenvalue weighted by atomic mass is 35.5. The molecular weight excluding hydrogens is 352 g/mol. The Morgan fingerprint density at radius 1 is 1.50 bits per heavy atom. The minimum Gasteiger partial charge on any atom is -0.387 e. The lowest BCUT2D eigenvalue weighted by atomic mass is 10.0. The number of benzene rings is 1. The van der Waals surface area contributed by atoms with Crippen LogP contribution in [-0.2, 0) is 4.74 Å². The van der Waals surface area contributed by atoms with Crippen LogP contribution >= 0.6 is 22.9 Å². The first-order valence-electron chi connectivity index (χ1n) is 7.56. The highest BCUT2D eigenvalue weighted by Gasteiger charge is 2.28. The minimum atomic E-state index is -0.573. The van der Waals surface area contributed by atoms with Gasteiger partial charge in [-0.15, -0.1) is 11.3 Å². The number of non-ortho nitro benzene ring substituents is 1. The van der Waals surface area contributed by atoms with Gasteiger partial charge >= 0.3 is 0 Å². The zero-order chi connectivity index (χ0) is 17.1. The molecule has 8 heteroatoms. The van der Waals surface area contributed by atoms with E-state index in [9.17, 15) is 15.2 Å². The summed E-state index contributed by atoms with van der Waals surface area (Å²) >= 11 is 7.78. The Kier molecular flexibility index (Phi) is 5.35. The van der Waals surface area contributed by atoms with Crippen LogP contribution in [0.2, 0.25) is 5.02 Å². The van der Waals surface area contributed by atoms with E-state index in [1.54, 1.807) is 6.07 Å². The van der Waals surface area contributed by atoms with Gasteiger partial charge in [-0.05, 0) is 17.5 Å². The number of ether oxygens (including phenoxy) is 1. The van der Waals surface area contributed by atoms with Crippen molar-refractivity contribution in [1.82, 2.24) is 0 Å². The van der Waals surface area contributed by atoms with E-state index in [1.165, 1.54) is 23.5 Å². The lowest BCUT2D eigenvalue weighted by Gasteiger charge is -2.38. The molecule has 6 nitrogen and oxygen atoms in total. The van der Waals surface area contributed by atoms with Crippen molar-refractivity contribution in [2.75, 3.05) is 24.7 Å². The molecule has 2 atom stereocenters. The van der Waals surface area contributed by atoms with E-state index in [0.717, 1.165) is 10.6 Å². The monoisotopic (exact) mass is 368 g/mol. The van der Waals surface area contributed by atoms with Crippen molar-refractivity contribution >= 4 is 34.3 Å². The molecule has 1 aromatic carbocycles. The third kappa shape index (κ3) is 3.70. The summed E-state index contributed by atoms with van der Waals surface area (Å²) in [6.45, 7) is 1.66. The first-order chi connectivity index (χ1) is 11.6. The second-order valence-corrected chi connectivity index (χ2v) is 6.97. The van der Waals surface area contributed by atoms with Crippen LogP contribution in [0.15, 0.2) is 35.7 Å². The van der Waals surface area contributed by atoms with Crippen LogP contribution in [0.3, 0.4) is 0 Å². The van der Waals surface area contributed by atoms with E-state index in [4.69, 9.17) is 16.3 Å². The Hall–Kier alpha value is -1.67. The van der Waals surface area contributed by atoms with Crippen molar-refractivity contribution in [3.8, 4) is 0 Å². The number of nitro benzene ring substituents is 1. The average Bonchev–Trinajstić information content (AvgIpc) is 3.10. The number of morpholine rings is 1. The van der Waals surface area contributed by atoms with Gasteiger partial charge < -0.3 is 14.7 Å². The van der Waals surface area contributed by atoms with Gasteiger partial charge in [-0.2, -0.15) is 0 Å². The number of hydrogen-bond acceptors (Lipinski definition) is 6. The van der Waals surface area contributed by atoms with E-state index >= 15 is 0 Å². The molecule has 0 radical (unpaired) electrons. The summed E-state index contributed by atoms with van der Waals surface area (Å²) < 4.78 is 5.55. The molecule has 0 amide bonds. The van der Waals surface area contributed by atoms with Gasteiger partial charge in [-0.3, -0.25) is 10.1 Å². The maximum Gasteiger partial charge on any atom is 0.271 e. The first kappa shape index (κ1) is 17.2. The summed E-state index contributed by atoms with van der Waals surface area (Å²) in [6.07, 6.45) is -0.0654. The standard InChI is InChI=1S/C16H17ClN2O4S/c17-13-8-11(19(21)22)3-4-14(13)18-5-6-23-10-12(18)9-15(20)16-2-1-7-24-16/h1-4,7-8,12,15,20H,5-6,9-10H2. The molecule has 1 saturated heterocycles. The Bertz CT molecular complexity index is 710. The van der Waals surface area contributed by atoms with Gasteiger partial charge in [0.2, 0.25) is 0 Å². The summed E-state index contributed by atoms with van der Waals surface area (Å²) in [5.74, 6) is 0. The van der Waals surface area contributed by atoms with Crippen molar-refractivity contribution in [3.63, 3.8) is 0 Å². The van der Waals surface area contributed by atoms with Gasteiger partial charge in [0.05, 0.1) is 41.0 Å². The summed E-state index contributed by atoms with van der Waals surface area (Å²) in [5, 5.41) is 23.5. The third-order valence-electron chi connectivity index (χ3n) is 4.05. The number of aliphatic hydroxyl groups is 1. The number of anilines is 1. The summed E-state index contributed by atoms with van der Waals surface area (Å²) in [6, 6.07) is 8.24. The van der Waals surface area contributed by atoms with Crippen molar-refractivity contribution in [2.45, 2.75) is 18.6 Å². The van der Waals surface area contributed by atoms with Crippen LogP contribution < -0.4 is 4.90 Å². The second kappa shape index (κ2) is 7.48. The molecule has 0 aliphatic carbocycles. The molecule has 0 saturated carbocycles. The smallest absolute Gasteiger partial charge is 0.271 e. The maximum absolute atomic E-state index is 10.9. The molecule has 24 heavy (non-hydrogen) atoms. The molecule has 2 unspecified atom stereocenters. The summed E-state index contributed by atoms with van der Waals surface area (Å²) in [7, 11) is 0. The van der Waals surface area contributed by atoms with Crippen LogP contribution in [0.4, 0.5) is 11.4 Å². The third-order valence-corrected chi connectivity index (χ3v) is 5.32. The minimum absolute atomic E-state index is 0.0350. The quantitative estimate of drug-likeness (QED) is 0.644. The lowest BCUT2D eigenvalue weighted by Crippen LogP contribution is -2.46. The van der Waals surface area contributed by atoms with Crippen molar-refractivity contribution in [2.24, 2.45) is 0 Å². The molecule has 2 heterocycles. The number of nitrogens with zero attached hydrogens (tertiary/aromatic N) is 2. The van der Waals surface area contributed by atoms with Crippen LogP contribution in [0.1, 0.15) is 17.4 Å². The Balaban J connectivity index is 1.80. The first-order valence-corrected chi connectivity index (χ1v) is 8.82. The van der Waals surface area contributed by atoms with Crippen LogP contribution in [0.5, 0.6) is 0 Å². The van der Waals surface area contributed by atoms with Gasteiger partial charge in [-0.1, -0.05) is 17.7 Å². The highest BCUT2D eigenvalue weighted by molar-refractivity contribution is 7.10. The number of halogens is 1. The summed E-state index contributed by atoms with van der Waals surface area (Å²) in [5.41, 5.74) is 0.695. The fraction of sp³-hybridized carbons (Fsp3) is 0.375. The predicted octanol–water partition coefficient (Wildman–Crippen LogP) is 3.64. The van der Waals surface area contributed by atoms with E-state index in [-0.39, 0.29) is 11.7 Å². The number of hydrogen-bond donors (Lipinski definition) is 1. The molecule has 0 spiro atoms. The molecule has 2 aromatic rings. The number of thiophene rings is 1. The van der Waals surface area contributed by atoms with Crippen molar-refractivity contribution in [1.29, 1.82) is 0 Å². The number of nitro groups is 1. The molecule has 1 N–H and O–H groups in total. The van der Waals surface area contributed by atoms with E-state index in [1.807, 2.05) is 17.5 Å². The Morgan fingerprint density at radius 3 is 3.00 bits per heavy atom. The normalized spacial score (nSPS) is 19.2. The lowest BCUT2D eigenvalue weighted by molar-refractivity contribution is -0.384. The van der Waals surface area contributed by atoms with Gasteiger partial charge in [0, 0.05) is 30.0 Å². The zero-order valence-corrected chi connectivity index (χ0v) is 14.4. The number of aliphatic hydroxyl groups excluding tert-OH is 1. The molecule has 1 fully saturated rings. The molecule has 3 rings (SSSR count). The van der Waals surface area contributed by atoms with Gasteiger partial charge in [0.25, 0.3) is 5.69 Å². The SMILES string of the molecule is O=[N+]([O-])c1ccc(N2CCOCC2CC(O)c2cccs2)c(Cl)c1. The number of rotatable bonds is 5. The summed E-state index contributed by atoms with van der Waals surface area (Å²) in [4.78, 5) is 13.4. The predicted molar refractivity (Wildman–Crippen MR) is 94.0 cm³/mol. The highest BCUT2D eigenvalue weighted by Crippen LogP contribution is 2.34. The molecule has 128 valence electrons. The largest absolute Gasteiger partial charge is 0.387 e. The molecule has 1 aromatic heterocycles. The molecule has 1 aliphatic heterocycles. The van der Waals surface area contributed by atoms with Gasteiger partial charge in [-0.25, -0.2) is 0 Å². The maximum atomic E-state index is 10.9. The fourth-order valence-electron chi connectivity index (χ4n) is 2.86.